The number of aromatic nitrogens is 1. The van der Waals surface area contributed by atoms with Crippen LogP contribution in [0.5, 0.6) is 0 Å². The number of H-pyrrole nitrogens is 1. The predicted molar refractivity (Wildman–Crippen MR) is 103 cm³/mol. The van der Waals surface area contributed by atoms with Crippen molar-refractivity contribution in [3.63, 3.8) is 0 Å². The van der Waals surface area contributed by atoms with Crippen molar-refractivity contribution in [2.75, 3.05) is 13.7 Å². The van der Waals surface area contributed by atoms with E-state index < -0.39 is 30.1 Å². The number of halogens is 2. The smallest absolute Gasteiger partial charge is 0.350 e. The first kappa shape index (κ1) is 20.0. The lowest BCUT2D eigenvalue weighted by Crippen LogP contribution is -2.15. The van der Waals surface area contributed by atoms with Gasteiger partial charge in [-0.3, -0.25) is 4.79 Å². The number of ether oxygens (including phenoxy) is 2. The summed E-state index contributed by atoms with van der Waals surface area (Å²) in [5.41, 5.74) is 1.33. The minimum absolute atomic E-state index is 0.0877. The number of carbonyl (C=O) groups is 3. The summed E-state index contributed by atoms with van der Waals surface area (Å²) in [5.74, 6) is -2.30. The van der Waals surface area contributed by atoms with Crippen LogP contribution >= 0.6 is 22.9 Å². The van der Waals surface area contributed by atoms with Crippen LogP contribution in [-0.2, 0) is 9.47 Å². The molecule has 2 aromatic heterocycles. The Hall–Kier alpha value is -2.71. The molecule has 0 spiro atoms. The van der Waals surface area contributed by atoms with Crippen molar-refractivity contribution in [3.8, 4) is 0 Å². The number of methoxy groups -OCH3 is 1. The zero-order valence-corrected chi connectivity index (χ0v) is 16.7. The highest BCUT2D eigenvalue weighted by Crippen LogP contribution is 2.36. The van der Waals surface area contributed by atoms with E-state index in [4.69, 9.17) is 21.1 Å². The molecule has 0 radical (unpaired) electrons. The number of rotatable bonds is 5. The van der Waals surface area contributed by atoms with Crippen molar-refractivity contribution in [2.45, 2.75) is 13.8 Å². The van der Waals surface area contributed by atoms with Gasteiger partial charge in [-0.05, 0) is 37.6 Å². The van der Waals surface area contributed by atoms with E-state index in [2.05, 4.69) is 4.98 Å². The van der Waals surface area contributed by atoms with Crippen molar-refractivity contribution in [2.24, 2.45) is 0 Å². The van der Waals surface area contributed by atoms with Crippen LogP contribution in [0.3, 0.4) is 0 Å². The third kappa shape index (κ3) is 3.53. The molecule has 0 unspecified atom stereocenters. The molecule has 1 aromatic carbocycles. The van der Waals surface area contributed by atoms with Gasteiger partial charge in [0.05, 0.1) is 23.4 Å². The summed E-state index contributed by atoms with van der Waals surface area (Å²) >= 11 is 7.16. The van der Waals surface area contributed by atoms with Crippen LogP contribution < -0.4 is 0 Å². The molecular formula is C19H15ClFNO5S. The molecule has 3 rings (SSSR count). The number of fused-ring (bicyclic) bond motifs is 1. The standard InChI is InChI=1S/C19H15ClFNO5S/c1-8-14(18(24)26-3)9(2)22-16(8)12(23)7-27-19(25)17-15(20)11-5-4-10(21)6-13(11)28-17/h4-6,22H,7H2,1-3H3. The molecule has 146 valence electrons. The van der Waals surface area contributed by atoms with Gasteiger partial charge in [-0.1, -0.05) is 11.6 Å². The van der Waals surface area contributed by atoms with Crippen LogP contribution in [0.15, 0.2) is 18.2 Å². The van der Waals surface area contributed by atoms with Crippen LogP contribution in [0, 0.1) is 19.7 Å². The maximum Gasteiger partial charge on any atom is 0.350 e. The van der Waals surface area contributed by atoms with Gasteiger partial charge in [-0.25, -0.2) is 14.0 Å². The van der Waals surface area contributed by atoms with Gasteiger partial charge in [0.1, 0.15) is 10.7 Å². The molecule has 6 nitrogen and oxygen atoms in total. The van der Waals surface area contributed by atoms with Gasteiger partial charge in [-0.15, -0.1) is 11.3 Å². The van der Waals surface area contributed by atoms with Crippen molar-refractivity contribution in [1.29, 1.82) is 0 Å². The molecule has 1 N–H and O–H groups in total. The summed E-state index contributed by atoms with van der Waals surface area (Å²) in [6.45, 7) is 2.69. The molecule has 0 bridgehead atoms. The molecule has 0 aliphatic rings. The fourth-order valence-electron chi connectivity index (χ4n) is 2.88. The van der Waals surface area contributed by atoms with Crippen molar-refractivity contribution in [1.82, 2.24) is 4.98 Å². The second-order valence-corrected chi connectivity index (χ2v) is 7.43. The molecule has 3 aromatic rings. The van der Waals surface area contributed by atoms with E-state index in [-0.39, 0.29) is 21.2 Å². The molecule has 2 heterocycles. The van der Waals surface area contributed by atoms with Crippen LogP contribution in [0.25, 0.3) is 10.1 Å². The minimum atomic E-state index is -0.783. The Balaban J connectivity index is 1.78. The van der Waals surface area contributed by atoms with Crippen LogP contribution in [0.4, 0.5) is 4.39 Å². The van der Waals surface area contributed by atoms with E-state index >= 15 is 0 Å². The van der Waals surface area contributed by atoms with Crippen LogP contribution in [-0.4, -0.2) is 36.4 Å². The first-order valence-electron chi connectivity index (χ1n) is 8.10. The largest absolute Gasteiger partial charge is 0.465 e. The molecule has 28 heavy (non-hydrogen) atoms. The molecule has 0 fully saturated rings. The van der Waals surface area contributed by atoms with Gasteiger partial charge < -0.3 is 14.5 Å². The predicted octanol–water partition coefficient (Wildman–Crippen LogP) is 4.47. The number of hydrogen-bond acceptors (Lipinski definition) is 6. The van der Waals surface area contributed by atoms with Crippen LogP contribution in [0.2, 0.25) is 5.02 Å². The Bertz CT molecular complexity index is 1120. The van der Waals surface area contributed by atoms with Gasteiger partial charge in [0.2, 0.25) is 5.78 Å². The molecule has 9 heteroatoms. The summed E-state index contributed by atoms with van der Waals surface area (Å²) in [7, 11) is 1.25. The second kappa shape index (κ2) is 7.73. The van der Waals surface area contributed by atoms with E-state index in [1.165, 1.54) is 25.3 Å². The Morgan fingerprint density at radius 2 is 1.93 bits per heavy atom. The maximum atomic E-state index is 13.3. The molecule has 0 aliphatic carbocycles. The fraction of sp³-hybridized carbons (Fsp3) is 0.211. The van der Waals surface area contributed by atoms with E-state index in [9.17, 15) is 18.8 Å². The number of hydrogen-bond donors (Lipinski definition) is 1. The quantitative estimate of drug-likeness (QED) is 0.483. The van der Waals surface area contributed by atoms with E-state index in [0.29, 0.717) is 21.3 Å². The van der Waals surface area contributed by atoms with E-state index in [1.54, 1.807) is 13.8 Å². The zero-order valence-electron chi connectivity index (χ0n) is 15.1. The Morgan fingerprint density at radius 3 is 2.61 bits per heavy atom. The first-order chi connectivity index (χ1) is 13.2. The first-order valence-corrected chi connectivity index (χ1v) is 9.29. The highest BCUT2D eigenvalue weighted by Gasteiger charge is 2.24. The number of Topliss-reactive ketones (excluding diaryl/α,β-unsaturated/α-hetero) is 1. The number of nitrogens with one attached hydrogen (secondary N) is 1. The lowest BCUT2D eigenvalue weighted by Gasteiger charge is -2.04. The Kier molecular flexibility index (Phi) is 5.53. The fourth-order valence-corrected chi connectivity index (χ4v) is 4.30. The van der Waals surface area contributed by atoms with Crippen molar-refractivity contribution in [3.05, 3.63) is 56.4 Å². The number of thiophene rings is 1. The highest BCUT2D eigenvalue weighted by molar-refractivity contribution is 7.21. The summed E-state index contributed by atoms with van der Waals surface area (Å²) in [6, 6.07) is 3.99. The molecule has 0 saturated heterocycles. The second-order valence-electron chi connectivity index (χ2n) is 6.00. The van der Waals surface area contributed by atoms with Gasteiger partial charge in [0, 0.05) is 15.8 Å². The number of esters is 2. The van der Waals surface area contributed by atoms with Crippen LogP contribution in [0.1, 0.15) is 41.8 Å². The van der Waals surface area contributed by atoms with Gasteiger partial charge >= 0.3 is 11.9 Å². The third-order valence-corrected chi connectivity index (χ3v) is 5.85. The molecule has 0 atom stereocenters. The number of benzene rings is 1. The van der Waals surface area contributed by atoms with Crippen molar-refractivity contribution < 1.29 is 28.2 Å². The summed E-state index contributed by atoms with van der Waals surface area (Å²) in [4.78, 5) is 39.5. The Labute approximate surface area is 168 Å². The van der Waals surface area contributed by atoms with Crippen molar-refractivity contribution >= 4 is 50.7 Å². The number of aromatic amines is 1. The lowest BCUT2D eigenvalue weighted by atomic mass is 10.1. The maximum absolute atomic E-state index is 13.3. The number of aryl methyl sites for hydroxylation is 1. The zero-order chi connectivity index (χ0) is 20.6. The topological polar surface area (TPSA) is 85.5 Å². The average Bonchev–Trinajstić information content (AvgIpc) is 3.14. The van der Waals surface area contributed by atoms with Gasteiger partial charge in [0.25, 0.3) is 0 Å². The SMILES string of the molecule is COC(=O)c1c(C)[nH]c(C(=O)COC(=O)c2sc3cc(F)ccc3c2Cl)c1C. The van der Waals surface area contributed by atoms with Gasteiger partial charge in [-0.2, -0.15) is 0 Å². The summed E-state index contributed by atoms with van der Waals surface area (Å²) < 4.78 is 23.6. The van der Waals surface area contributed by atoms with E-state index in [1.807, 2.05) is 0 Å². The molecule has 0 saturated carbocycles. The lowest BCUT2D eigenvalue weighted by molar-refractivity contribution is 0.0478. The monoisotopic (exact) mass is 423 g/mol. The average molecular weight is 424 g/mol. The Morgan fingerprint density at radius 1 is 1.21 bits per heavy atom. The highest BCUT2D eigenvalue weighted by atomic mass is 35.5. The minimum Gasteiger partial charge on any atom is -0.465 e. The summed E-state index contributed by atoms with van der Waals surface area (Å²) in [6.07, 6.45) is 0. The molecular weight excluding hydrogens is 409 g/mol. The number of carbonyl (C=O) groups excluding carboxylic acids is 3. The summed E-state index contributed by atoms with van der Waals surface area (Å²) in [5, 5.41) is 0.683. The van der Waals surface area contributed by atoms with E-state index in [0.717, 1.165) is 11.3 Å². The normalized spacial score (nSPS) is 10.9. The third-order valence-electron chi connectivity index (χ3n) is 4.22. The van der Waals surface area contributed by atoms with Gasteiger partial charge in [0.15, 0.2) is 6.61 Å². The molecule has 0 aliphatic heterocycles. The number of ketones is 1. The molecule has 0 amide bonds.